The molecule has 0 aliphatic heterocycles. The quantitative estimate of drug-likeness (QED) is 0.325. The van der Waals surface area contributed by atoms with E-state index in [1.807, 2.05) is 18.2 Å². The summed E-state index contributed by atoms with van der Waals surface area (Å²) in [6.07, 6.45) is 1.27. The lowest BCUT2D eigenvalue weighted by Crippen LogP contribution is -2.22. The van der Waals surface area contributed by atoms with Gasteiger partial charge in [-0.05, 0) is 30.3 Å². The van der Waals surface area contributed by atoms with Crippen LogP contribution in [-0.2, 0) is 0 Å². The van der Waals surface area contributed by atoms with E-state index in [0.717, 1.165) is 0 Å². The van der Waals surface area contributed by atoms with E-state index < -0.39 is 4.92 Å². The standard InChI is InChI=1S/C19H13N5O4/c25-18-15-8-4-5-9-16(15)21-19(23(18)13-6-2-1-3-7-13)22-20-12-14-10-11-17(28-14)24(26)27/h1-12H,(H,21,22)/b20-12+. The fourth-order valence-electron chi connectivity index (χ4n) is 2.69. The second kappa shape index (κ2) is 7.16. The zero-order valence-corrected chi connectivity index (χ0v) is 14.4. The summed E-state index contributed by atoms with van der Waals surface area (Å²) in [7, 11) is 0. The molecule has 0 saturated heterocycles. The third-order valence-corrected chi connectivity index (χ3v) is 3.94. The second-order valence-electron chi connectivity index (χ2n) is 5.73. The first-order valence-corrected chi connectivity index (χ1v) is 8.24. The van der Waals surface area contributed by atoms with Gasteiger partial charge in [0, 0.05) is 0 Å². The van der Waals surface area contributed by atoms with Crippen molar-refractivity contribution in [2.24, 2.45) is 5.10 Å². The van der Waals surface area contributed by atoms with E-state index in [4.69, 9.17) is 4.42 Å². The number of fused-ring (bicyclic) bond motifs is 1. The Morgan fingerprint density at radius 1 is 1.07 bits per heavy atom. The van der Waals surface area contributed by atoms with Gasteiger partial charge in [0.2, 0.25) is 5.95 Å². The Morgan fingerprint density at radius 3 is 2.57 bits per heavy atom. The van der Waals surface area contributed by atoms with Crippen LogP contribution in [0.25, 0.3) is 16.6 Å². The Balaban J connectivity index is 1.75. The molecule has 0 unspecified atom stereocenters. The minimum Gasteiger partial charge on any atom is -0.400 e. The normalized spacial score (nSPS) is 11.1. The lowest BCUT2D eigenvalue weighted by molar-refractivity contribution is -0.402. The molecule has 138 valence electrons. The molecular weight excluding hydrogens is 362 g/mol. The fraction of sp³-hybridized carbons (Fsp3) is 0. The molecule has 0 saturated carbocycles. The molecule has 0 aliphatic rings. The minimum absolute atomic E-state index is 0.189. The molecule has 0 atom stereocenters. The van der Waals surface area contributed by atoms with Crippen molar-refractivity contribution in [2.75, 3.05) is 5.43 Å². The summed E-state index contributed by atoms with van der Waals surface area (Å²) in [6.45, 7) is 0. The van der Waals surface area contributed by atoms with Crippen molar-refractivity contribution in [1.82, 2.24) is 9.55 Å². The van der Waals surface area contributed by atoms with Crippen LogP contribution in [0.1, 0.15) is 5.76 Å². The van der Waals surface area contributed by atoms with E-state index >= 15 is 0 Å². The minimum atomic E-state index is -0.636. The maximum absolute atomic E-state index is 13.0. The van der Waals surface area contributed by atoms with Gasteiger partial charge in [0.25, 0.3) is 5.56 Å². The van der Waals surface area contributed by atoms with Crippen LogP contribution in [0.4, 0.5) is 11.8 Å². The number of benzene rings is 2. The third-order valence-electron chi connectivity index (χ3n) is 3.94. The zero-order valence-electron chi connectivity index (χ0n) is 14.4. The van der Waals surface area contributed by atoms with E-state index in [9.17, 15) is 14.9 Å². The predicted octanol–water partition coefficient (Wildman–Crippen LogP) is 3.33. The summed E-state index contributed by atoms with van der Waals surface area (Å²) in [5, 5.41) is 15.2. The van der Waals surface area contributed by atoms with E-state index in [0.29, 0.717) is 16.6 Å². The van der Waals surface area contributed by atoms with Gasteiger partial charge in [-0.15, -0.1) is 0 Å². The van der Waals surface area contributed by atoms with Gasteiger partial charge in [-0.1, -0.05) is 30.3 Å². The Kier molecular flexibility index (Phi) is 4.38. The maximum atomic E-state index is 13.0. The average molecular weight is 375 g/mol. The molecule has 0 radical (unpaired) electrons. The smallest absolute Gasteiger partial charge is 0.400 e. The van der Waals surface area contributed by atoms with Gasteiger partial charge in [0.05, 0.1) is 28.9 Å². The highest BCUT2D eigenvalue weighted by atomic mass is 16.6. The highest BCUT2D eigenvalue weighted by Gasteiger charge is 2.13. The number of anilines is 1. The average Bonchev–Trinajstić information content (AvgIpc) is 3.18. The molecule has 1 N–H and O–H groups in total. The van der Waals surface area contributed by atoms with Gasteiger partial charge in [0.1, 0.15) is 4.92 Å². The number of para-hydroxylation sites is 2. The molecule has 2 aromatic carbocycles. The monoisotopic (exact) mass is 375 g/mol. The van der Waals surface area contributed by atoms with Crippen molar-refractivity contribution < 1.29 is 9.34 Å². The van der Waals surface area contributed by atoms with Crippen molar-refractivity contribution in [3.63, 3.8) is 0 Å². The molecule has 0 spiro atoms. The number of aromatic nitrogens is 2. The lowest BCUT2D eigenvalue weighted by atomic mass is 10.2. The Bertz CT molecular complexity index is 1240. The van der Waals surface area contributed by atoms with Gasteiger partial charge in [-0.25, -0.2) is 15.0 Å². The summed E-state index contributed by atoms with van der Waals surface area (Å²) in [4.78, 5) is 27.5. The molecule has 2 aromatic heterocycles. The Labute approximate surface area is 157 Å². The molecule has 0 fully saturated rings. The number of hydrogen-bond acceptors (Lipinski definition) is 7. The molecular formula is C19H13N5O4. The predicted molar refractivity (Wildman–Crippen MR) is 104 cm³/mol. The number of rotatable bonds is 5. The van der Waals surface area contributed by atoms with Gasteiger partial charge >= 0.3 is 5.88 Å². The molecule has 9 heteroatoms. The number of nitrogens with zero attached hydrogens (tertiary/aromatic N) is 4. The van der Waals surface area contributed by atoms with Crippen molar-refractivity contribution in [3.8, 4) is 5.69 Å². The highest BCUT2D eigenvalue weighted by molar-refractivity contribution is 5.80. The largest absolute Gasteiger partial charge is 0.433 e. The van der Waals surface area contributed by atoms with Crippen LogP contribution in [0.15, 0.2) is 81.0 Å². The summed E-state index contributed by atoms with van der Waals surface area (Å²) in [5.74, 6) is 0.00674. The van der Waals surface area contributed by atoms with E-state index in [1.165, 1.54) is 22.9 Å². The van der Waals surface area contributed by atoms with Gasteiger partial charge in [-0.3, -0.25) is 14.9 Å². The van der Waals surface area contributed by atoms with Crippen molar-refractivity contribution in [3.05, 3.63) is 93.0 Å². The van der Waals surface area contributed by atoms with Crippen LogP contribution in [-0.4, -0.2) is 20.7 Å². The van der Waals surface area contributed by atoms with Crippen LogP contribution in [0.2, 0.25) is 0 Å². The summed E-state index contributed by atoms with van der Waals surface area (Å²) in [5.41, 5.74) is 3.62. The summed E-state index contributed by atoms with van der Waals surface area (Å²) < 4.78 is 6.42. The number of nitrogens with one attached hydrogen (secondary N) is 1. The first-order valence-electron chi connectivity index (χ1n) is 8.24. The number of hydrazone groups is 1. The zero-order chi connectivity index (χ0) is 19.5. The summed E-state index contributed by atoms with van der Waals surface area (Å²) in [6, 6.07) is 18.7. The van der Waals surface area contributed by atoms with E-state index in [1.54, 1.807) is 36.4 Å². The van der Waals surface area contributed by atoms with E-state index in [-0.39, 0.29) is 23.2 Å². The Hall–Kier alpha value is -4.27. The second-order valence-corrected chi connectivity index (χ2v) is 5.73. The van der Waals surface area contributed by atoms with Gasteiger partial charge in [-0.2, -0.15) is 5.10 Å². The molecule has 9 nitrogen and oxygen atoms in total. The molecule has 4 aromatic rings. The summed E-state index contributed by atoms with van der Waals surface area (Å²) >= 11 is 0. The van der Waals surface area contributed by atoms with E-state index in [2.05, 4.69) is 15.5 Å². The van der Waals surface area contributed by atoms with Gasteiger partial charge < -0.3 is 4.42 Å². The number of furan rings is 1. The van der Waals surface area contributed by atoms with Crippen molar-refractivity contribution in [2.45, 2.75) is 0 Å². The fourth-order valence-corrected chi connectivity index (χ4v) is 2.69. The number of hydrogen-bond donors (Lipinski definition) is 1. The van der Waals surface area contributed by atoms with Crippen LogP contribution in [0, 0.1) is 10.1 Å². The van der Waals surface area contributed by atoms with Gasteiger partial charge in [0.15, 0.2) is 5.76 Å². The molecule has 28 heavy (non-hydrogen) atoms. The molecule has 2 heterocycles. The Morgan fingerprint density at radius 2 is 1.82 bits per heavy atom. The van der Waals surface area contributed by atoms with Crippen LogP contribution < -0.4 is 11.0 Å². The third kappa shape index (κ3) is 3.23. The maximum Gasteiger partial charge on any atom is 0.433 e. The first kappa shape index (κ1) is 17.2. The molecule has 0 bridgehead atoms. The van der Waals surface area contributed by atoms with Crippen molar-refractivity contribution in [1.29, 1.82) is 0 Å². The molecule has 0 aliphatic carbocycles. The van der Waals surface area contributed by atoms with Crippen LogP contribution in [0.5, 0.6) is 0 Å². The topological polar surface area (TPSA) is 116 Å². The highest BCUT2D eigenvalue weighted by Crippen LogP contribution is 2.17. The molecule has 0 amide bonds. The van der Waals surface area contributed by atoms with Crippen LogP contribution in [0.3, 0.4) is 0 Å². The van der Waals surface area contributed by atoms with Crippen LogP contribution >= 0.6 is 0 Å². The first-order chi connectivity index (χ1) is 13.6. The molecule has 4 rings (SSSR count). The number of nitro groups is 1. The SMILES string of the molecule is O=c1c2ccccc2nc(N/N=C/c2ccc([N+](=O)[O-])o2)n1-c1ccccc1. The lowest BCUT2D eigenvalue weighted by Gasteiger charge is -2.12. The van der Waals surface area contributed by atoms with Crippen molar-refractivity contribution >= 4 is 29.0 Å².